The van der Waals surface area contributed by atoms with E-state index in [1.807, 2.05) is 19.9 Å². The number of halogens is 2. The smallest absolute Gasteiger partial charge is 0.282 e. The highest BCUT2D eigenvalue weighted by molar-refractivity contribution is 5.83. The van der Waals surface area contributed by atoms with E-state index in [9.17, 15) is 13.6 Å². The molecule has 3 rings (SSSR count). The van der Waals surface area contributed by atoms with E-state index in [1.165, 1.54) is 9.47 Å². The summed E-state index contributed by atoms with van der Waals surface area (Å²) in [5.74, 6) is -2.46. The van der Waals surface area contributed by atoms with Crippen LogP contribution in [-0.4, -0.2) is 28.6 Å². The number of hydrogen-bond donors (Lipinski definition) is 1. The van der Waals surface area contributed by atoms with Gasteiger partial charge in [-0.25, -0.2) is 13.8 Å². The van der Waals surface area contributed by atoms with E-state index in [-0.39, 0.29) is 17.5 Å². The summed E-state index contributed by atoms with van der Waals surface area (Å²) in [7, 11) is 1.55. The minimum Gasteiger partial charge on any atom is -0.330 e. The number of aryl methyl sites for hydroxylation is 1. The molecule has 2 heterocycles. The summed E-state index contributed by atoms with van der Waals surface area (Å²) in [5.41, 5.74) is 7.88. The van der Waals surface area contributed by atoms with Gasteiger partial charge in [-0.05, 0) is 31.0 Å². The van der Waals surface area contributed by atoms with Crippen LogP contribution in [0.1, 0.15) is 24.1 Å². The molecule has 118 valence electrons. The highest BCUT2D eigenvalue weighted by Gasteiger charge is 2.45. The molecule has 2 N–H and O–H groups in total. The number of nitrogens with two attached hydrogens (primary N) is 1. The number of alkyl halides is 2. The molecule has 1 aliphatic heterocycles. The molecule has 0 saturated carbocycles. The Hall–Kier alpha value is -2.02. The Morgan fingerprint density at radius 1 is 1.36 bits per heavy atom. The van der Waals surface area contributed by atoms with Crippen molar-refractivity contribution in [3.8, 4) is 0 Å². The van der Waals surface area contributed by atoms with Crippen molar-refractivity contribution in [3.63, 3.8) is 0 Å². The third-order valence-corrected chi connectivity index (χ3v) is 3.95. The maximum absolute atomic E-state index is 13.1. The Bertz CT molecular complexity index is 805. The highest BCUT2D eigenvalue weighted by atomic mass is 19.3. The summed E-state index contributed by atoms with van der Waals surface area (Å²) >= 11 is 0. The second-order valence-electron chi connectivity index (χ2n) is 6.03. The summed E-state index contributed by atoms with van der Waals surface area (Å²) in [6.07, 6.45) is 0. The lowest BCUT2D eigenvalue weighted by Gasteiger charge is -2.39. The van der Waals surface area contributed by atoms with Crippen LogP contribution in [0.4, 0.5) is 14.7 Å². The van der Waals surface area contributed by atoms with Crippen LogP contribution in [0.3, 0.4) is 0 Å². The number of anilines is 1. The monoisotopic (exact) mass is 308 g/mol. The first-order valence-corrected chi connectivity index (χ1v) is 7.09. The first-order chi connectivity index (χ1) is 10.2. The van der Waals surface area contributed by atoms with Crippen molar-refractivity contribution in [1.82, 2.24) is 9.55 Å². The average molecular weight is 308 g/mol. The molecule has 0 bridgehead atoms. The molecule has 7 heteroatoms. The predicted molar refractivity (Wildman–Crippen MR) is 81.5 cm³/mol. The van der Waals surface area contributed by atoms with Crippen molar-refractivity contribution in [1.29, 1.82) is 0 Å². The molecule has 1 aliphatic rings. The molecule has 0 radical (unpaired) electrons. The zero-order chi connectivity index (χ0) is 16.2. The van der Waals surface area contributed by atoms with Gasteiger partial charge in [0.25, 0.3) is 11.5 Å². The Labute approximate surface area is 126 Å². The molecule has 2 aromatic rings. The Morgan fingerprint density at radius 2 is 2.00 bits per heavy atom. The van der Waals surface area contributed by atoms with Crippen LogP contribution in [0, 0.1) is 6.92 Å². The summed E-state index contributed by atoms with van der Waals surface area (Å²) < 4.78 is 27.5. The number of benzene rings is 1. The normalized spacial score (nSPS) is 18.4. The Balaban J connectivity index is 2.24. The number of hydrogen-bond acceptors (Lipinski definition) is 4. The van der Waals surface area contributed by atoms with Gasteiger partial charge >= 0.3 is 0 Å². The molecular formula is C15H18F2N4O. The second-order valence-corrected chi connectivity index (χ2v) is 6.03. The largest absolute Gasteiger partial charge is 0.330 e. The molecule has 1 saturated heterocycles. The fourth-order valence-corrected chi connectivity index (χ4v) is 2.82. The van der Waals surface area contributed by atoms with Crippen LogP contribution in [0.25, 0.3) is 10.9 Å². The van der Waals surface area contributed by atoms with Gasteiger partial charge in [0.15, 0.2) is 0 Å². The van der Waals surface area contributed by atoms with E-state index >= 15 is 0 Å². The topological polar surface area (TPSA) is 64.2 Å². The highest BCUT2D eigenvalue weighted by Crippen LogP contribution is 2.31. The van der Waals surface area contributed by atoms with Crippen molar-refractivity contribution in [3.05, 3.63) is 33.6 Å². The molecule has 22 heavy (non-hydrogen) atoms. The van der Waals surface area contributed by atoms with Crippen LogP contribution >= 0.6 is 0 Å². The molecular weight excluding hydrogens is 290 g/mol. The maximum atomic E-state index is 13.1. The van der Waals surface area contributed by atoms with Gasteiger partial charge < -0.3 is 10.6 Å². The Kier molecular flexibility index (Phi) is 3.21. The number of rotatable bonds is 2. The van der Waals surface area contributed by atoms with Gasteiger partial charge in [0.2, 0.25) is 5.95 Å². The zero-order valence-corrected chi connectivity index (χ0v) is 12.7. The molecule has 0 amide bonds. The van der Waals surface area contributed by atoms with Crippen molar-refractivity contribution >= 4 is 16.9 Å². The van der Waals surface area contributed by atoms with E-state index in [2.05, 4.69) is 4.98 Å². The number of nitrogens with zero attached hydrogens (tertiary/aromatic N) is 3. The molecule has 0 spiro atoms. The second kappa shape index (κ2) is 4.74. The van der Waals surface area contributed by atoms with Gasteiger partial charge in [0, 0.05) is 13.1 Å². The minimum atomic E-state index is -2.72. The van der Waals surface area contributed by atoms with Crippen molar-refractivity contribution in [2.45, 2.75) is 25.8 Å². The van der Waals surface area contributed by atoms with Crippen molar-refractivity contribution in [2.75, 3.05) is 18.0 Å². The quantitative estimate of drug-likeness (QED) is 0.917. The van der Waals surface area contributed by atoms with E-state index in [1.54, 1.807) is 13.1 Å². The van der Waals surface area contributed by atoms with Gasteiger partial charge in [-0.2, -0.15) is 0 Å². The van der Waals surface area contributed by atoms with E-state index in [4.69, 9.17) is 5.73 Å². The van der Waals surface area contributed by atoms with E-state index in [0.29, 0.717) is 10.9 Å². The molecule has 1 aromatic carbocycles. The maximum Gasteiger partial charge on any atom is 0.282 e. The fourth-order valence-electron chi connectivity index (χ4n) is 2.82. The standard InChI is InChI=1S/C15H18F2N4O/c1-8-4-10(9(2)18)12-11(5-8)13(22)20(3)14(19-12)21-6-15(16,17)7-21/h4-5,9H,6-7,18H2,1-3H3. The predicted octanol–water partition coefficient (Wildman–Crippen LogP) is 1.72. The van der Waals surface area contributed by atoms with Crippen molar-refractivity contribution in [2.24, 2.45) is 12.8 Å². The number of aromatic nitrogens is 2. The van der Waals surface area contributed by atoms with E-state index < -0.39 is 19.0 Å². The van der Waals surface area contributed by atoms with E-state index in [0.717, 1.165) is 11.1 Å². The van der Waals surface area contributed by atoms with Gasteiger partial charge in [-0.1, -0.05) is 6.07 Å². The minimum absolute atomic E-state index is 0.249. The van der Waals surface area contributed by atoms with Gasteiger partial charge in [0.05, 0.1) is 24.0 Å². The Morgan fingerprint density at radius 3 is 2.55 bits per heavy atom. The first kappa shape index (κ1) is 14.9. The molecule has 1 aromatic heterocycles. The molecule has 5 nitrogen and oxygen atoms in total. The van der Waals surface area contributed by atoms with Gasteiger partial charge in [-0.3, -0.25) is 9.36 Å². The van der Waals surface area contributed by atoms with Crippen molar-refractivity contribution < 1.29 is 8.78 Å². The summed E-state index contributed by atoms with van der Waals surface area (Å²) in [6, 6.07) is 3.34. The summed E-state index contributed by atoms with van der Waals surface area (Å²) in [6.45, 7) is 2.86. The molecule has 1 atom stereocenters. The number of fused-ring (bicyclic) bond motifs is 1. The van der Waals surface area contributed by atoms with Crippen LogP contribution in [0.5, 0.6) is 0 Å². The lowest BCUT2D eigenvalue weighted by molar-refractivity contribution is -0.0275. The molecule has 1 unspecified atom stereocenters. The van der Waals surface area contributed by atoms with Crippen LogP contribution in [0.15, 0.2) is 16.9 Å². The fraction of sp³-hybridized carbons (Fsp3) is 0.467. The summed E-state index contributed by atoms with van der Waals surface area (Å²) in [4.78, 5) is 18.4. The van der Waals surface area contributed by atoms with Gasteiger partial charge in [-0.15, -0.1) is 0 Å². The molecule has 1 fully saturated rings. The van der Waals surface area contributed by atoms with Crippen LogP contribution in [0.2, 0.25) is 0 Å². The average Bonchev–Trinajstić information content (AvgIpc) is 2.39. The summed E-state index contributed by atoms with van der Waals surface area (Å²) in [5, 5.41) is 0.464. The molecule has 0 aliphatic carbocycles. The van der Waals surface area contributed by atoms with Crippen LogP contribution < -0.4 is 16.2 Å². The lowest BCUT2D eigenvalue weighted by Crippen LogP contribution is -2.57. The lowest BCUT2D eigenvalue weighted by atomic mass is 10.0. The zero-order valence-electron chi connectivity index (χ0n) is 12.7. The third kappa shape index (κ3) is 2.25. The SMILES string of the molecule is Cc1cc(C(C)N)c2nc(N3CC(F)(F)C3)n(C)c(=O)c2c1. The first-order valence-electron chi connectivity index (χ1n) is 7.09. The third-order valence-electron chi connectivity index (χ3n) is 3.95. The van der Waals surface area contributed by atoms with Crippen LogP contribution in [-0.2, 0) is 7.05 Å². The van der Waals surface area contributed by atoms with Gasteiger partial charge in [0.1, 0.15) is 0 Å².